The first kappa shape index (κ1) is 31.5. The van der Waals surface area contributed by atoms with Crippen LogP contribution < -0.4 is 11.1 Å². The van der Waals surface area contributed by atoms with Gasteiger partial charge in [-0.1, -0.05) is 86.3 Å². The minimum atomic E-state index is -0.310. The highest BCUT2D eigenvalue weighted by molar-refractivity contribution is 5.67. The van der Waals surface area contributed by atoms with E-state index in [1.54, 1.807) is 5.57 Å². The maximum atomic E-state index is 12.2. The number of allylic oxidation sites excluding steroid dienone is 1. The Balaban J connectivity index is 1.72. The van der Waals surface area contributed by atoms with Crippen molar-refractivity contribution in [3.8, 4) is 0 Å². The Bertz CT molecular complexity index is 793. The van der Waals surface area contributed by atoms with Gasteiger partial charge in [0.15, 0.2) is 0 Å². The van der Waals surface area contributed by atoms with E-state index in [1.165, 1.54) is 51.4 Å². The van der Waals surface area contributed by atoms with Crippen molar-refractivity contribution in [2.45, 2.75) is 132 Å². The third-order valence-corrected chi connectivity index (χ3v) is 12.1. The fraction of sp³-hybridized carbons (Fsp3) is 0.912. The standard InChI is InChI=1S/C34H62N2O2/c1-9-11-30(24(5)12-13-26(10-2)23(3)4)33(7)19-17-31-29(25(33)6)15-14-27-22-28(16-18-34(27,31)8)38-32(37)36-21-20-35/h14,23-26,28-31H,9-13,15-22,35H2,1-8H3,(H,36,37)/t24-,25+,26?,28+,29+,30-,31+,33+,34+/m1/s1. The Hall–Kier alpha value is -1.03. The lowest BCUT2D eigenvalue weighted by molar-refractivity contribution is -0.0826. The smallest absolute Gasteiger partial charge is 0.407 e. The Labute approximate surface area is 235 Å². The summed E-state index contributed by atoms with van der Waals surface area (Å²) >= 11 is 0. The second-order valence-corrected chi connectivity index (χ2v) is 14.3. The van der Waals surface area contributed by atoms with E-state index in [-0.39, 0.29) is 17.6 Å². The molecule has 0 bridgehead atoms. The van der Waals surface area contributed by atoms with Crippen LogP contribution in [0.25, 0.3) is 0 Å². The first-order valence-corrected chi connectivity index (χ1v) is 16.4. The zero-order chi connectivity index (χ0) is 28.1. The summed E-state index contributed by atoms with van der Waals surface area (Å²) in [6.45, 7) is 20.9. The van der Waals surface area contributed by atoms with E-state index in [0.717, 1.165) is 60.7 Å². The number of nitrogens with one attached hydrogen (secondary N) is 1. The van der Waals surface area contributed by atoms with Crippen molar-refractivity contribution in [1.29, 1.82) is 0 Å². The minimum Gasteiger partial charge on any atom is -0.446 e. The predicted octanol–water partition coefficient (Wildman–Crippen LogP) is 8.74. The van der Waals surface area contributed by atoms with Crippen LogP contribution in [0.2, 0.25) is 0 Å². The van der Waals surface area contributed by atoms with Gasteiger partial charge in [0.2, 0.25) is 0 Å². The second kappa shape index (κ2) is 13.6. The van der Waals surface area contributed by atoms with Crippen molar-refractivity contribution in [1.82, 2.24) is 5.32 Å². The second-order valence-electron chi connectivity index (χ2n) is 14.3. The number of fused-ring (bicyclic) bond motifs is 3. The van der Waals surface area contributed by atoms with Crippen molar-refractivity contribution < 1.29 is 9.53 Å². The molecule has 0 heterocycles. The number of nitrogens with two attached hydrogens (primary N) is 1. The lowest BCUT2D eigenvalue weighted by Gasteiger charge is -2.60. The summed E-state index contributed by atoms with van der Waals surface area (Å²) < 4.78 is 5.78. The number of hydrogen-bond acceptors (Lipinski definition) is 3. The molecule has 1 amide bonds. The van der Waals surface area contributed by atoms with Crippen molar-refractivity contribution in [3.05, 3.63) is 11.6 Å². The highest BCUT2D eigenvalue weighted by atomic mass is 16.6. The number of carbonyl (C=O) groups excluding carboxylic acids is 1. The number of ether oxygens (including phenoxy) is 1. The van der Waals surface area contributed by atoms with Gasteiger partial charge >= 0.3 is 6.09 Å². The average Bonchev–Trinajstić information content (AvgIpc) is 2.88. The maximum Gasteiger partial charge on any atom is 0.407 e. The monoisotopic (exact) mass is 530 g/mol. The molecule has 4 nitrogen and oxygen atoms in total. The molecule has 0 aromatic heterocycles. The van der Waals surface area contributed by atoms with Crippen LogP contribution in [0.15, 0.2) is 11.6 Å². The highest BCUT2D eigenvalue weighted by Gasteiger charge is 2.55. The number of rotatable bonds is 12. The van der Waals surface area contributed by atoms with Gasteiger partial charge in [-0.3, -0.25) is 0 Å². The Morgan fingerprint density at radius 3 is 2.50 bits per heavy atom. The van der Waals surface area contributed by atoms with Crippen LogP contribution in [0.4, 0.5) is 4.79 Å². The molecule has 0 aromatic rings. The average molecular weight is 531 g/mol. The fourth-order valence-electron chi connectivity index (χ4n) is 9.38. The van der Waals surface area contributed by atoms with E-state index in [4.69, 9.17) is 10.5 Å². The van der Waals surface area contributed by atoms with Gasteiger partial charge in [-0.2, -0.15) is 0 Å². The summed E-state index contributed by atoms with van der Waals surface area (Å²) in [5.41, 5.74) is 7.79. The van der Waals surface area contributed by atoms with Crippen LogP contribution in [0.1, 0.15) is 126 Å². The summed E-state index contributed by atoms with van der Waals surface area (Å²) in [4.78, 5) is 12.2. The van der Waals surface area contributed by atoms with Crippen LogP contribution in [0.5, 0.6) is 0 Å². The molecule has 3 aliphatic rings. The third-order valence-electron chi connectivity index (χ3n) is 12.1. The van der Waals surface area contributed by atoms with Gasteiger partial charge in [-0.25, -0.2) is 4.79 Å². The van der Waals surface area contributed by atoms with Gasteiger partial charge in [-0.05, 0) is 97.2 Å². The quantitative estimate of drug-likeness (QED) is 0.248. The van der Waals surface area contributed by atoms with E-state index in [1.807, 2.05) is 0 Å². The molecular formula is C34H62N2O2. The molecule has 220 valence electrons. The van der Waals surface area contributed by atoms with E-state index in [0.29, 0.717) is 18.5 Å². The highest BCUT2D eigenvalue weighted by Crippen LogP contribution is 2.63. The van der Waals surface area contributed by atoms with Gasteiger partial charge in [0, 0.05) is 19.5 Å². The Kier molecular flexibility index (Phi) is 11.2. The number of alkyl carbamates (subject to hydrolysis) is 1. The molecule has 3 N–H and O–H groups in total. The Morgan fingerprint density at radius 2 is 1.87 bits per heavy atom. The summed E-state index contributed by atoms with van der Waals surface area (Å²) in [5.74, 6) is 5.58. The first-order valence-electron chi connectivity index (χ1n) is 16.4. The van der Waals surface area contributed by atoms with Crippen LogP contribution in [0, 0.1) is 52.3 Å². The molecule has 3 aliphatic carbocycles. The normalized spacial score (nSPS) is 35.5. The zero-order valence-electron chi connectivity index (χ0n) is 26.3. The van der Waals surface area contributed by atoms with Crippen LogP contribution in [0.3, 0.4) is 0 Å². The molecule has 38 heavy (non-hydrogen) atoms. The number of amides is 1. The molecule has 9 atom stereocenters. The van der Waals surface area contributed by atoms with Crippen LogP contribution >= 0.6 is 0 Å². The van der Waals surface area contributed by atoms with Gasteiger partial charge < -0.3 is 15.8 Å². The van der Waals surface area contributed by atoms with E-state index in [9.17, 15) is 4.79 Å². The number of hydrogen-bond donors (Lipinski definition) is 2. The van der Waals surface area contributed by atoms with Crippen molar-refractivity contribution in [2.24, 2.45) is 58.0 Å². The van der Waals surface area contributed by atoms with Gasteiger partial charge in [0.25, 0.3) is 0 Å². The van der Waals surface area contributed by atoms with Gasteiger partial charge in [0.1, 0.15) is 6.10 Å². The number of carbonyl (C=O) groups is 1. The molecule has 2 fully saturated rings. The molecule has 0 aromatic carbocycles. The Morgan fingerprint density at radius 1 is 1.13 bits per heavy atom. The molecule has 0 radical (unpaired) electrons. The summed E-state index contributed by atoms with van der Waals surface area (Å²) in [7, 11) is 0. The summed E-state index contributed by atoms with van der Waals surface area (Å²) in [6.07, 6.45) is 16.0. The molecule has 4 heteroatoms. The largest absolute Gasteiger partial charge is 0.446 e. The molecule has 3 rings (SSSR count). The van der Waals surface area contributed by atoms with Crippen molar-refractivity contribution in [2.75, 3.05) is 13.1 Å². The summed E-state index contributed by atoms with van der Waals surface area (Å²) in [6, 6.07) is 0. The van der Waals surface area contributed by atoms with Gasteiger partial charge in [0.05, 0.1) is 0 Å². The zero-order valence-corrected chi connectivity index (χ0v) is 26.3. The summed E-state index contributed by atoms with van der Waals surface area (Å²) in [5, 5.41) is 2.77. The van der Waals surface area contributed by atoms with Crippen molar-refractivity contribution in [3.63, 3.8) is 0 Å². The van der Waals surface area contributed by atoms with Gasteiger partial charge in [-0.15, -0.1) is 0 Å². The molecule has 2 saturated carbocycles. The predicted molar refractivity (Wildman–Crippen MR) is 161 cm³/mol. The lowest BCUT2D eigenvalue weighted by atomic mass is 9.45. The minimum absolute atomic E-state index is 0.00231. The molecule has 0 saturated heterocycles. The molecule has 0 aliphatic heterocycles. The SMILES string of the molecule is CCC[C@H]([C@H](C)CCC(CC)C(C)C)[C@@]1(C)CC[C@H]2[C@@H](CC=C3C[C@@H](OC(=O)NCCN)CC[C@@]32C)[C@@H]1C. The fourth-order valence-corrected chi connectivity index (χ4v) is 9.38. The maximum absolute atomic E-state index is 12.2. The molecule has 0 spiro atoms. The van der Waals surface area contributed by atoms with Crippen LogP contribution in [-0.4, -0.2) is 25.3 Å². The van der Waals surface area contributed by atoms with E-state index >= 15 is 0 Å². The molecular weight excluding hydrogens is 468 g/mol. The van der Waals surface area contributed by atoms with E-state index < -0.39 is 0 Å². The molecule has 1 unspecified atom stereocenters. The lowest BCUT2D eigenvalue weighted by Crippen LogP contribution is -2.52. The first-order chi connectivity index (χ1) is 18.0. The van der Waals surface area contributed by atoms with Crippen LogP contribution in [-0.2, 0) is 4.74 Å². The van der Waals surface area contributed by atoms with E-state index in [2.05, 4.69) is 66.8 Å². The third kappa shape index (κ3) is 6.64. The van der Waals surface area contributed by atoms with Crippen molar-refractivity contribution >= 4 is 6.09 Å². The topological polar surface area (TPSA) is 64.3 Å².